The van der Waals surface area contributed by atoms with Gasteiger partial charge in [-0.2, -0.15) is 0 Å². The molecule has 0 aliphatic heterocycles. The van der Waals surface area contributed by atoms with Crippen LogP contribution in [0.5, 0.6) is 5.75 Å². The van der Waals surface area contributed by atoms with Gasteiger partial charge in [-0.15, -0.1) is 0 Å². The molecule has 0 aromatic heterocycles. The molecular formula is C13H17NO. The second-order valence-electron chi connectivity index (χ2n) is 4.23. The maximum Gasteiger partial charge on any atom is 0.127 e. The van der Waals surface area contributed by atoms with Gasteiger partial charge in [0.15, 0.2) is 0 Å². The van der Waals surface area contributed by atoms with Crippen molar-refractivity contribution in [3.8, 4) is 5.75 Å². The van der Waals surface area contributed by atoms with E-state index in [9.17, 15) is 5.11 Å². The monoisotopic (exact) mass is 203 g/mol. The van der Waals surface area contributed by atoms with E-state index in [2.05, 4.69) is 4.99 Å². The average molecular weight is 203 g/mol. The van der Waals surface area contributed by atoms with E-state index in [1.807, 2.05) is 31.3 Å². The molecule has 1 aromatic carbocycles. The van der Waals surface area contributed by atoms with Crippen molar-refractivity contribution in [3.63, 3.8) is 0 Å². The molecule has 0 unspecified atom stereocenters. The summed E-state index contributed by atoms with van der Waals surface area (Å²) in [6.45, 7) is 1.91. The highest BCUT2D eigenvalue weighted by Gasteiger charge is 2.12. The van der Waals surface area contributed by atoms with Crippen LogP contribution in [0.4, 0.5) is 0 Å². The van der Waals surface area contributed by atoms with Crippen molar-refractivity contribution in [3.05, 3.63) is 29.3 Å². The molecule has 2 heteroatoms. The number of phenols is 1. The number of aliphatic imine (C=N–C) groups is 1. The predicted molar refractivity (Wildman–Crippen MR) is 62.7 cm³/mol. The van der Waals surface area contributed by atoms with Crippen molar-refractivity contribution >= 4 is 6.21 Å². The van der Waals surface area contributed by atoms with Gasteiger partial charge in [0, 0.05) is 17.8 Å². The normalized spacial score (nSPS) is 17.7. The fourth-order valence-electron chi connectivity index (χ4n) is 2.02. The number of para-hydroxylation sites is 1. The molecule has 2 rings (SSSR count). The lowest BCUT2D eigenvalue weighted by Gasteiger charge is -2.04. The fraction of sp³-hybridized carbons (Fsp3) is 0.462. The summed E-state index contributed by atoms with van der Waals surface area (Å²) in [5, 5.41) is 9.78. The largest absolute Gasteiger partial charge is 0.507 e. The Morgan fingerprint density at radius 1 is 1.33 bits per heavy atom. The number of hydrogen-bond donors (Lipinski definition) is 1. The van der Waals surface area contributed by atoms with Gasteiger partial charge in [-0.3, -0.25) is 4.99 Å². The molecule has 0 amide bonds. The van der Waals surface area contributed by atoms with Gasteiger partial charge < -0.3 is 5.11 Å². The summed E-state index contributed by atoms with van der Waals surface area (Å²) >= 11 is 0. The molecular weight excluding hydrogens is 186 g/mol. The number of phenolic OH excluding ortho intramolecular Hbond substituents is 1. The van der Waals surface area contributed by atoms with Crippen LogP contribution >= 0.6 is 0 Å². The maximum atomic E-state index is 9.78. The number of nitrogens with zero attached hydrogens (tertiary/aromatic N) is 1. The van der Waals surface area contributed by atoms with Crippen LogP contribution < -0.4 is 0 Å². The van der Waals surface area contributed by atoms with Crippen LogP contribution in [0, 0.1) is 6.92 Å². The van der Waals surface area contributed by atoms with Gasteiger partial charge in [0.25, 0.3) is 0 Å². The summed E-state index contributed by atoms with van der Waals surface area (Å²) in [5.74, 6) is 0.360. The Balaban J connectivity index is 2.12. The quantitative estimate of drug-likeness (QED) is 0.736. The summed E-state index contributed by atoms with van der Waals surface area (Å²) in [5.41, 5.74) is 1.74. The highest BCUT2D eigenvalue weighted by Crippen LogP contribution is 2.23. The third-order valence-electron chi connectivity index (χ3n) is 3.02. The number of benzene rings is 1. The van der Waals surface area contributed by atoms with Gasteiger partial charge in [-0.25, -0.2) is 0 Å². The molecule has 1 aromatic rings. The summed E-state index contributed by atoms with van der Waals surface area (Å²) in [4.78, 5) is 4.51. The van der Waals surface area contributed by atoms with Crippen molar-refractivity contribution in [1.82, 2.24) is 0 Å². The first-order valence-electron chi connectivity index (χ1n) is 5.59. The summed E-state index contributed by atoms with van der Waals surface area (Å²) in [6.07, 6.45) is 6.80. The van der Waals surface area contributed by atoms with Crippen LogP contribution in [-0.4, -0.2) is 17.4 Å². The van der Waals surface area contributed by atoms with Crippen molar-refractivity contribution in [2.75, 3.05) is 0 Å². The van der Waals surface area contributed by atoms with E-state index in [0.717, 1.165) is 11.1 Å². The molecule has 2 nitrogen and oxygen atoms in total. The Labute approximate surface area is 90.7 Å². The van der Waals surface area contributed by atoms with Crippen molar-refractivity contribution in [2.24, 2.45) is 4.99 Å². The highest BCUT2D eigenvalue weighted by molar-refractivity contribution is 5.84. The minimum Gasteiger partial charge on any atom is -0.507 e. The minimum atomic E-state index is 0.360. The van der Waals surface area contributed by atoms with E-state index < -0.39 is 0 Å². The van der Waals surface area contributed by atoms with Gasteiger partial charge in [0.2, 0.25) is 0 Å². The standard InChI is InChI=1S/C13H17NO/c1-10-5-4-6-11(13(10)15)9-14-12-7-2-3-8-12/h4-6,9,12,15H,2-3,7-8H2,1H3. The molecule has 0 heterocycles. The van der Waals surface area contributed by atoms with E-state index in [-0.39, 0.29) is 0 Å². The molecule has 80 valence electrons. The number of hydrogen-bond acceptors (Lipinski definition) is 2. The third kappa shape index (κ3) is 2.38. The second kappa shape index (κ2) is 4.47. The number of rotatable bonds is 2. The summed E-state index contributed by atoms with van der Waals surface area (Å²) in [6, 6.07) is 6.23. The molecule has 0 bridgehead atoms. The molecule has 1 fully saturated rings. The lowest BCUT2D eigenvalue weighted by Crippen LogP contribution is -1.97. The van der Waals surface area contributed by atoms with Crippen molar-refractivity contribution < 1.29 is 5.11 Å². The zero-order valence-electron chi connectivity index (χ0n) is 9.11. The predicted octanol–water partition coefficient (Wildman–Crippen LogP) is 3.06. The zero-order chi connectivity index (χ0) is 10.7. The van der Waals surface area contributed by atoms with Gasteiger partial charge in [-0.05, 0) is 31.4 Å². The first-order chi connectivity index (χ1) is 7.27. The molecule has 0 radical (unpaired) electrons. The van der Waals surface area contributed by atoms with E-state index in [4.69, 9.17) is 0 Å². The molecule has 0 saturated heterocycles. The average Bonchev–Trinajstić information content (AvgIpc) is 2.73. The Morgan fingerprint density at radius 3 is 2.80 bits per heavy atom. The SMILES string of the molecule is Cc1cccc(C=NC2CCCC2)c1O. The Hall–Kier alpha value is -1.31. The smallest absolute Gasteiger partial charge is 0.127 e. The minimum absolute atomic E-state index is 0.360. The second-order valence-corrected chi connectivity index (χ2v) is 4.23. The lowest BCUT2D eigenvalue weighted by atomic mass is 10.1. The molecule has 15 heavy (non-hydrogen) atoms. The van der Waals surface area contributed by atoms with Gasteiger partial charge in [0.1, 0.15) is 5.75 Å². The lowest BCUT2D eigenvalue weighted by molar-refractivity contribution is 0.470. The van der Waals surface area contributed by atoms with Gasteiger partial charge >= 0.3 is 0 Å². The van der Waals surface area contributed by atoms with Crippen molar-refractivity contribution in [2.45, 2.75) is 38.6 Å². The van der Waals surface area contributed by atoms with E-state index in [0.29, 0.717) is 11.8 Å². The van der Waals surface area contributed by atoms with E-state index in [1.165, 1.54) is 25.7 Å². The molecule has 1 N–H and O–H groups in total. The zero-order valence-corrected chi connectivity index (χ0v) is 9.11. The van der Waals surface area contributed by atoms with Crippen LogP contribution in [-0.2, 0) is 0 Å². The molecule has 0 atom stereocenters. The first kappa shape index (κ1) is 10.2. The van der Waals surface area contributed by atoms with Crippen LogP contribution in [0.2, 0.25) is 0 Å². The Bertz CT molecular complexity index is 365. The molecule has 1 saturated carbocycles. The Kier molecular flexibility index (Phi) is 3.05. The fourth-order valence-corrected chi connectivity index (χ4v) is 2.02. The maximum absolute atomic E-state index is 9.78. The van der Waals surface area contributed by atoms with Crippen molar-refractivity contribution in [1.29, 1.82) is 0 Å². The number of aryl methyl sites for hydroxylation is 1. The Morgan fingerprint density at radius 2 is 2.07 bits per heavy atom. The van der Waals surface area contributed by atoms with Crippen LogP contribution in [0.15, 0.2) is 23.2 Å². The summed E-state index contributed by atoms with van der Waals surface area (Å²) in [7, 11) is 0. The van der Waals surface area contributed by atoms with Crippen LogP contribution in [0.25, 0.3) is 0 Å². The highest BCUT2D eigenvalue weighted by atomic mass is 16.3. The summed E-state index contributed by atoms with van der Waals surface area (Å²) < 4.78 is 0. The number of aromatic hydroxyl groups is 1. The van der Waals surface area contributed by atoms with Crippen LogP contribution in [0.1, 0.15) is 36.8 Å². The van der Waals surface area contributed by atoms with E-state index in [1.54, 1.807) is 0 Å². The topological polar surface area (TPSA) is 32.6 Å². The van der Waals surface area contributed by atoms with Crippen LogP contribution in [0.3, 0.4) is 0 Å². The third-order valence-corrected chi connectivity index (χ3v) is 3.02. The molecule has 1 aliphatic rings. The van der Waals surface area contributed by atoms with Gasteiger partial charge in [-0.1, -0.05) is 25.0 Å². The van der Waals surface area contributed by atoms with E-state index >= 15 is 0 Å². The molecule has 1 aliphatic carbocycles. The molecule has 0 spiro atoms. The van der Waals surface area contributed by atoms with Gasteiger partial charge in [0.05, 0.1) is 0 Å². The first-order valence-corrected chi connectivity index (χ1v) is 5.59.